The molecule has 2 saturated heterocycles. The van der Waals surface area contributed by atoms with Gasteiger partial charge in [0, 0.05) is 31.8 Å². The second-order valence-corrected chi connectivity index (χ2v) is 13.0. The van der Waals surface area contributed by atoms with Crippen molar-refractivity contribution in [2.24, 2.45) is 17.8 Å². The molecule has 0 aliphatic carbocycles. The van der Waals surface area contributed by atoms with Crippen LogP contribution in [0.15, 0.2) is 54.6 Å². The van der Waals surface area contributed by atoms with E-state index >= 15 is 0 Å². The minimum Gasteiger partial charge on any atom is -0.479 e. The van der Waals surface area contributed by atoms with Crippen LogP contribution in [0.5, 0.6) is 0 Å². The topological polar surface area (TPSA) is 203 Å². The minimum atomic E-state index is -3.72. The third-order valence-electron chi connectivity index (χ3n) is 9.17. The maximum atomic E-state index is 13.0. The lowest BCUT2D eigenvalue weighted by molar-refractivity contribution is -0.365. The van der Waals surface area contributed by atoms with Gasteiger partial charge in [-0.1, -0.05) is 77.1 Å². The van der Waals surface area contributed by atoms with Crippen molar-refractivity contribution in [3.8, 4) is 0 Å². The highest BCUT2D eigenvalue weighted by atomic mass is 16.8. The number of allylic oxidation sites excluding steroid dienone is 1. The van der Waals surface area contributed by atoms with Gasteiger partial charge in [0.05, 0.1) is 0 Å². The number of rotatable bonds is 17. The monoisotopic (exact) mass is 674 g/mol. The van der Waals surface area contributed by atoms with Crippen molar-refractivity contribution in [3.63, 3.8) is 0 Å². The number of carboxylic acid groups (broad SMARTS) is 3. The Hall–Kier alpha value is -4.07. The number of carboxylic acids is 3. The molecule has 3 rings (SSSR count). The molecule has 0 spiro atoms. The van der Waals surface area contributed by atoms with Crippen molar-refractivity contribution in [1.29, 1.82) is 0 Å². The Morgan fingerprint density at radius 1 is 1.06 bits per heavy atom. The van der Waals surface area contributed by atoms with Gasteiger partial charge in [0.25, 0.3) is 0 Å². The van der Waals surface area contributed by atoms with Gasteiger partial charge in [-0.25, -0.2) is 19.2 Å². The molecular formula is C35H46O13. The lowest BCUT2D eigenvalue weighted by atomic mass is 9.75. The highest BCUT2D eigenvalue weighted by Gasteiger charge is 2.83. The molecule has 9 atom stereocenters. The van der Waals surface area contributed by atoms with Gasteiger partial charge < -0.3 is 39.4 Å². The molecule has 13 heteroatoms. The normalized spacial score (nSPS) is 29.0. The third-order valence-corrected chi connectivity index (χ3v) is 9.17. The number of esters is 2. The van der Waals surface area contributed by atoms with E-state index in [-0.39, 0.29) is 24.7 Å². The van der Waals surface area contributed by atoms with E-state index in [0.29, 0.717) is 17.9 Å². The molecule has 1 aromatic rings. The second-order valence-electron chi connectivity index (χ2n) is 13.0. The predicted molar refractivity (Wildman–Crippen MR) is 169 cm³/mol. The number of fused-ring (bicyclic) bond motifs is 2. The summed E-state index contributed by atoms with van der Waals surface area (Å²) in [5, 5.41) is 41.9. The van der Waals surface area contributed by atoms with Gasteiger partial charge >= 0.3 is 29.8 Å². The fraction of sp³-hybridized carbons (Fsp3) is 0.571. The predicted octanol–water partition coefficient (Wildman–Crippen LogP) is 3.91. The number of hydrogen-bond donors (Lipinski definition) is 4. The van der Waals surface area contributed by atoms with Gasteiger partial charge in [0.1, 0.15) is 6.10 Å². The quantitative estimate of drug-likeness (QED) is 0.105. The lowest BCUT2D eigenvalue weighted by Gasteiger charge is -2.49. The van der Waals surface area contributed by atoms with E-state index in [1.165, 1.54) is 6.92 Å². The molecule has 0 radical (unpaired) electrons. The van der Waals surface area contributed by atoms with Gasteiger partial charge in [0.2, 0.25) is 17.3 Å². The summed E-state index contributed by atoms with van der Waals surface area (Å²) in [5.41, 5.74) is -5.66. The summed E-state index contributed by atoms with van der Waals surface area (Å²) in [4.78, 5) is 62.8. The minimum absolute atomic E-state index is 0.0533. The Morgan fingerprint density at radius 2 is 1.71 bits per heavy atom. The Kier molecular flexibility index (Phi) is 12.3. The third kappa shape index (κ3) is 7.96. The van der Waals surface area contributed by atoms with Crippen LogP contribution >= 0.6 is 0 Å². The summed E-state index contributed by atoms with van der Waals surface area (Å²) in [6.07, 6.45) is -1.64. The summed E-state index contributed by atoms with van der Waals surface area (Å²) in [6.45, 7) is 13.1. The number of hydrogen-bond acceptors (Lipinski definition) is 10. The first-order valence-corrected chi connectivity index (χ1v) is 16.0. The maximum Gasteiger partial charge on any atom is 0.343 e. The van der Waals surface area contributed by atoms with E-state index in [1.807, 2.05) is 58.0 Å². The van der Waals surface area contributed by atoms with Crippen LogP contribution < -0.4 is 0 Å². The van der Waals surface area contributed by atoms with Crippen LogP contribution in [-0.4, -0.2) is 85.6 Å². The zero-order chi connectivity index (χ0) is 36.0. The number of carbonyl (C=O) groups is 5. The number of benzene rings is 1. The van der Waals surface area contributed by atoms with E-state index in [0.717, 1.165) is 24.5 Å². The molecule has 0 amide bonds. The molecule has 2 heterocycles. The average Bonchev–Trinajstić information content (AvgIpc) is 3.31. The van der Waals surface area contributed by atoms with Gasteiger partial charge in [-0.15, -0.1) is 0 Å². The molecule has 1 aromatic carbocycles. The molecule has 2 bridgehead atoms. The summed E-state index contributed by atoms with van der Waals surface area (Å²) >= 11 is 0. The molecule has 2 aliphatic heterocycles. The van der Waals surface area contributed by atoms with Crippen molar-refractivity contribution in [2.75, 3.05) is 0 Å². The molecule has 13 nitrogen and oxygen atoms in total. The lowest BCUT2D eigenvalue weighted by Crippen LogP contribution is -2.78. The molecule has 2 fully saturated rings. The van der Waals surface area contributed by atoms with E-state index in [9.17, 15) is 44.4 Å². The first-order chi connectivity index (χ1) is 22.4. The van der Waals surface area contributed by atoms with Crippen molar-refractivity contribution < 1.29 is 63.3 Å². The number of carbonyl (C=O) groups excluding carboxylic acids is 2. The van der Waals surface area contributed by atoms with Crippen molar-refractivity contribution in [1.82, 2.24) is 0 Å². The number of aliphatic carboxylic acids is 3. The van der Waals surface area contributed by atoms with Crippen LogP contribution in [0.3, 0.4) is 0 Å². The second kappa shape index (κ2) is 15.4. The van der Waals surface area contributed by atoms with Gasteiger partial charge in [0.15, 0.2) is 11.9 Å². The summed E-state index contributed by atoms with van der Waals surface area (Å²) in [7, 11) is 0. The molecule has 264 valence electrons. The SMILES string of the molecule is C=C(CC[C@@]12C[C@@H](OC(=O)/C=C/[C@@H](C)C[C@@H](C)CC)[C@@](C(=O)O)(O1)[C@](O)(C(=O)O)[C@@H](C(=O)O)O2)[C@@H](OC(C)=O)[C@H](C)Cc1ccccc1. The summed E-state index contributed by atoms with van der Waals surface area (Å²) < 4.78 is 22.5. The Morgan fingerprint density at radius 3 is 2.25 bits per heavy atom. The van der Waals surface area contributed by atoms with Crippen LogP contribution in [-0.2, 0) is 49.3 Å². The fourth-order valence-electron chi connectivity index (χ4n) is 6.57. The molecule has 48 heavy (non-hydrogen) atoms. The van der Waals surface area contributed by atoms with Gasteiger partial charge in [-0.2, -0.15) is 0 Å². The fourth-order valence-corrected chi connectivity index (χ4v) is 6.57. The van der Waals surface area contributed by atoms with Crippen LogP contribution in [0.1, 0.15) is 72.3 Å². The van der Waals surface area contributed by atoms with Gasteiger partial charge in [-0.3, -0.25) is 4.79 Å². The Bertz CT molecular complexity index is 1410. The van der Waals surface area contributed by atoms with Crippen LogP contribution in [0.2, 0.25) is 0 Å². The number of ether oxygens (including phenoxy) is 4. The first kappa shape index (κ1) is 38.4. The molecule has 0 unspecified atom stereocenters. The molecule has 2 aliphatic rings. The van der Waals surface area contributed by atoms with E-state index in [4.69, 9.17) is 18.9 Å². The van der Waals surface area contributed by atoms with Gasteiger partial charge in [-0.05, 0) is 42.2 Å². The maximum absolute atomic E-state index is 13.0. The zero-order valence-corrected chi connectivity index (χ0v) is 27.9. The molecule has 4 N–H and O–H groups in total. The average molecular weight is 675 g/mol. The molecule has 0 aromatic heterocycles. The van der Waals surface area contributed by atoms with E-state index < -0.39 is 71.6 Å². The van der Waals surface area contributed by atoms with Crippen molar-refractivity contribution in [2.45, 2.75) is 108 Å². The highest BCUT2D eigenvalue weighted by molar-refractivity contribution is 5.98. The van der Waals surface area contributed by atoms with E-state index in [2.05, 4.69) is 6.58 Å². The smallest absolute Gasteiger partial charge is 0.343 e. The molecular weight excluding hydrogens is 628 g/mol. The number of aliphatic hydroxyl groups is 1. The van der Waals surface area contributed by atoms with Crippen LogP contribution in [0, 0.1) is 17.8 Å². The zero-order valence-electron chi connectivity index (χ0n) is 27.9. The van der Waals surface area contributed by atoms with Crippen LogP contribution in [0.25, 0.3) is 0 Å². The Balaban J connectivity index is 1.96. The standard InChI is InChI=1S/C35H46O13/c1-7-20(2)17-21(3)13-14-27(37)46-26-19-33(47-29(30(38)39)34(44,31(40)41)35(26,48-33)32(42)43)16-15-22(4)28(45-24(6)36)23(5)18-25-11-9-8-10-12-25/h8-14,20-21,23,26,28-29,44H,4,7,15-19H2,1-3,5-6H3,(H,38,39)(H,40,41)(H,42,43)/b14-13+/t20-,21+,23+,26+,28+,29+,33-,34+,35-/m0/s1. The first-order valence-electron chi connectivity index (χ1n) is 16.0. The van der Waals surface area contributed by atoms with E-state index in [1.54, 1.807) is 6.08 Å². The van der Waals surface area contributed by atoms with Crippen molar-refractivity contribution in [3.05, 3.63) is 60.2 Å². The highest BCUT2D eigenvalue weighted by Crippen LogP contribution is 2.55. The Labute approximate surface area is 279 Å². The molecule has 0 saturated carbocycles. The summed E-state index contributed by atoms with van der Waals surface area (Å²) in [5.74, 6) is -10.0. The largest absolute Gasteiger partial charge is 0.479 e. The van der Waals surface area contributed by atoms with Crippen molar-refractivity contribution >= 4 is 29.8 Å². The van der Waals surface area contributed by atoms with Crippen LogP contribution in [0.4, 0.5) is 0 Å². The summed E-state index contributed by atoms with van der Waals surface area (Å²) in [6, 6.07) is 9.43.